The van der Waals surface area contributed by atoms with E-state index in [1.165, 1.54) is 18.6 Å². The van der Waals surface area contributed by atoms with Crippen LogP contribution in [-0.4, -0.2) is 5.54 Å². The minimum atomic E-state index is -0.177. The van der Waals surface area contributed by atoms with Gasteiger partial charge in [-0.1, -0.05) is 12.1 Å². The van der Waals surface area contributed by atoms with E-state index in [4.69, 9.17) is 5.73 Å². The summed E-state index contributed by atoms with van der Waals surface area (Å²) >= 11 is 0. The molecule has 0 amide bonds. The Bertz CT molecular complexity index is 293. The summed E-state index contributed by atoms with van der Waals surface area (Å²) in [5.41, 5.74) is 7.22. The number of rotatable bonds is 2. The molecule has 14 heavy (non-hydrogen) atoms. The summed E-state index contributed by atoms with van der Waals surface area (Å²) in [5.74, 6) is -0.177. The summed E-state index contributed by atoms with van der Waals surface area (Å²) in [6, 6.07) is 6.64. The molecule has 1 saturated carbocycles. The highest BCUT2D eigenvalue weighted by molar-refractivity contribution is 5.85. The first-order valence-electron chi connectivity index (χ1n) is 4.71. The Labute approximate surface area is 89.9 Å². The molecule has 0 bridgehead atoms. The Morgan fingerprint density at radius 2 is 1.79 bits per heavy atom. The highest BCUT2D eigenvalue weighted by Gasteiger charge is 2.32. The van der Waals surface area contributed by atoms with Crippen molar-refractivity contribution in [3.05, 3.63) is 35.6 Å². The molecular formula is C11H15ClFN. The van der Waals surface area contributed by atoms with Gasteiger partial charge in [-0.15, -0.1) is 12.4 Å². The van der Waals surface area contributed by atoms with Gasteiger partial charge in [0.05, 0.1) is 0 Å². The van der Waals surface area contributed by atoms with Crippen molar-refractivity contribution >= 4 is 12.4 Å². The van der Waals surface area contributed by atoms with Gasteiger partial charge in [0.15, 0.2) is 0 Å². The molecule has 0 heterocycles. The SMILES string of the molecule is Cl.NC1(Cc2ccc(F)cc2)CCC1. The highest BCUT2D eigenvalue weighted by Crippen LogP contribution is 2.32. The predicted octanol–water partition coefficient (Wildman–Crippen LogP) is 2.67. The maximum Gasteiger partial charge on any atom is 0.123 e. The second-order valence-corrected chi connectivity index (χ2v) is 4.02. The maximum atomic E-state index is 12.6. The number of benzene rings is 1. The van der Waals surface area contributed by atoms with E-state index in [-0.39, 0.29) is 23.8 Å². The fourth-order valence-electron chi connectivity index (χ4n) is 1.82. The van der Waals surface area contributed by atoms with Gasteiger partial charge in [0.1, 0.15) is 5.82 Å². The van der Waals surface area contributed by atoms with Gasteiger partial charge in [0.25, 0.3) is 0 Å². The van der Waals surface area contributed by atoms with Crippen LogP contribution in [0.15, 0.2) is 24.3 Å². The van der Waals surface area contributed by atoms with Crippen LogP contribution in [0.4, 0.5) is 4.39 Å². The summed E-state index contributed by atoms with van der Waals surface area (Å²) in [7, 11) is 0. The van der Waals surface area contributed by atoms with Gasteiger partial charge in [-0.05, 0) is 43.4 Å². The van der Waals surface area contributed by atoms with E-state index >= 15 is 0 Å². The van der Waals surface area contributed by atoms with Gasteiger partial charge < -0.3 is 5.73 Å². The number of hydrogen-bond acceptors (Lipinski definition) is 1. The molecule has 2 rings (SSSR count). The van der Waals surface area contributed by atoms with Gasteiger partial charge in [-0.2, -0.15) is 0 Å². The lowest BCUT2D eigenvalue weighted by molar-refractivity contribution is 0.247. The Balaban J connectivity index is 0.000000980. The Morgan fingerprint density at radius 1 is 1.21 bits per heavy atom. The Hall–Kier alpha value is -0.600. The summed E-state index contributed by atoms with van der Waals surface area (Å²) in [4.78, 5) is 0. The molecule has 1 nitrogen and oxygen atoms in total. The van der Waals surface area contributed by atoms with Gasteiger partial charge >= 0.3 is 0 Å². The van der Waals surface area contributed by atoms with Crippen molar-refractivity contribution in [2.24, 2.45) is 5.73 Å². The first-order valence-corrected chi connectivity index (χ1v) is 4.71. The molecule has 0 aromatic heterocycles. The van der Waals surface area contributed by atoms with E-state index in [1.807, 2.05) is 12.1 Å². The molecule has 0 unspecified atom stereocenters. The summed E-state index contributed by atoms with van der Waals surface area (Å²) in [6.45, 7) is 0. The molecule has 1 aliphatic carbocycles. The third-order valence-corrected chi connectivity index (χ3v) is 2.82. The minimum Gasteiger partial charge on any atom is -0.325 e. The average molecular weight is 216 g/mol. The lowest BCUT2D eigenvalue weighted by atomic mass is 9.74. The Morgan fingerprint density at radius 3 is 2.21 bits per heavy atom. The van der Waals surface area contributed by atoms with E-state index in [0.717, 1.165) is 24.8 Å². The molecule has 0 radical (unpaired) electrons. The molecule has 1 aromatic rings. The monoisotopic (exact) mass is 215 g/mol. The van der Waals surface area contributed by atoms with Crippen LogP contribution < -0.4 is 5.73 Å². The van der Waals surface area contributed by atoms with Crippen molar-refractivity contribution in [3.63, 3.8) is 0 Å². The van der Waals surface area contributed by atoms with E-state index in [0.29, 0.717) is 0 Å². The van der Waals surface area contributed by atoms with Crippen LogP contribution in [-0.2, 0) is 6.42 Å². The van der Waals surface area contributed by atoms with Gasteiger partial charge in [-0.3, -0.25) is 0 Å². The standard InChI is InChI=1S/C11H14FN.ClH/c12-10-4-2-9(3-5-10)8-11(13)6-1-7-11;/h2-5H,1,6-8,13H2;1H. The lowest BCUT2D eigenvalue weighted by Crippen LogP contribution is -2.48. The third-order valence-electron chi connectivity index (χ3n) is 2.82. The van der Waals surface area contributed by atoms with Crippen LogP contribution in [0.3, 0.4) is 0 Å². The molecule has 1 fully saturated rings. The Kier molecular flexibility index (Phi) is 3.51. The zero-order valence-electron chi connectivity index (χ0n) is 8.00. The molecule has 3 heteroatoms. The fraction of sp³-hybridized carbons (Fsp3) is 0.455. The van der Waals surface area contributed by atoms with Gasteiger partial charge in [0.2, 0.25) is 0 Å². The second-order valence-electron chi connectivity index (χ2n) is 4.02. The van der Waals surface area contributed by atoms with Crippen molar-refractivity contribution in [2.45, 2.75) is 31.2 Å². The van der Waals surface area contributed by atoms with Crippen molar-refractivity contribution in [2.75, 3.05) is 0 Å². The minimum absolute atomic E-state index is 0. The largest absolute Gasteiger partial charge is 0.325 e. The van der Waals surface area contributed by atoms with Crippen LogP contribution in [0.1, 0.15) is 24.8 Å². The van der Waals surface area contributed by atoms with Crippen molar-refractivity contribution in [1.82, 2.24) is 0 Å². The van der Waals surface area contributed by atoms with Crippen LogP contribution in [0.25, 0.3) is 0 Å². The number of nitrogens with two attached hydrogens (primary N) is 1. The maximum absolute atomic E-state index is 12.6. The van der Waals surface area contributed by atoms with Crippen LogP contribution in [0.5, 0.6) is 0 Å². The number of halogens is 2. The fourth-order valence-corrected chi connectivity index (χ4v) is 1.82. The van der Waals surface area contributed by atoms with Gasteiger partial charge in [-0.25, -0.2) is 4.39 Å². The molecule has 2 N–H and O–H groups in total. The summed E-state index contributed by atoms with van der Waals surface area (Å²) in [5, 5.41) is 0. The topological polar surface area (TPSA) is 26.0 Å². The zero-order chi connectivity index (χ0) is 9.31. The predicted molar refractivity (Wildman–Crippen MR) is 58.1 cm³/mol. The smallest absolute Gasteiger partial charge is 0.123 e. The second kappa shape index (κ2) is 4.28. The molecular weight excluding hydrogens is 201 g/mol. The average Bonchev–Trinajstić information content (AvgIpc) is 2.06. The first-order chi connectivity index (χ1) is 6.18. The molecule has 0 saturated heterocycles. The summed E-state index contributed by atoms with van der Waals surface area (Å²) in [6.07, 6.45) is 4.32. The number of hydrogen-bond donors (Lipinski definition) is 1. The van der Waals surface area contributed by atoms with Crippen molar-refractivity contribution in [1.29, 1.82) is 0 Å². The lowest BCUT2D eigenvalue weighted by Gasteiger charge is -2.38. The molecule has 78 valence electrons. The molecule has 1 aromatic carbocycles. The molecule has 0 atom stereocenters. The van der Waals surface area contributed by atoms with Crippen LogP contribution in [0, 0.1) is 5.82 Å². The van der Waals surface area contributed by atoms with E-state index in [1.54, 1.807) is 0 Å². The van der Waals surface area contributed by atoms with Gasteiger partial charge in [0, 0.05) is 5.54 Å². The first kappa shape index (κ1) is 11.5. The quantitative estimate of drug-likeness (QED) is 0.807. The summed E-state index contributed by atoms with van der Waals surface area (Å²) < 4.78 is 12.6. The molecule has 1 aliphatic rings. The van der Waals surface area contributed by atoms with Crippen molar-refractivity contribution in [3.8, 4) is 0 Å². The molecule has 0 aliphatic heterocycles. The third kappa shape index (κ3) is 2.46. The van der Waals surface area contributed by atoms with Crippen molar-refractivity contribution < 1.29 is 4.39 Å². The van der Waals surface area contributed by atoms with Crippen LogP contribution in [0.2, 0.25) is 0 Å². The normalized spacial score (nSPS) is 18.1. The van der Waals surface area contributed by atoms with E-state index < -0.39 is 0 Å². The van der Waals surface area contributed by atoms with Crippen LogP contribution >= 0.6 is 12.4 Å². The highest BCUT2D eigenvalue weighted by atomic mass is 35.5. The molecule has 0 spiro atoms. The van der Waals surface area contributed by atoms with E-state index in [2.05, 4.69) is 0 Å². The van der Waals surface area contributed by atoms with E-state index in [9.17, 15) is 4.39 Å². The zero-order valence-corrected chi connectivity index (χ0v) is 8.82.